The standard InChI is InChI=1S/C25H26N4O/c1-16-5-4-6-21(13-16)29-12-11-28(15-18(29)3)25(30)22-14-20-10-9-19-8-7-17(2)26-23(19)24(20)27-22/h4-10,13-14,18,26H,11-12,15H2,1-3H3. The van der Waals surface area contributed by atoms with Gasteiger partial charge in [-0.3, -0.25) is 4.79 Å². The van der Waals surface area contributed by atoms with Crippen LogP contribution in [0.1, 0.15) is 28.7 Å². The molecule has 5 nitrogen and oxygen atoms in total. The van der Waals surface area contributed by atoms with Gasteiger partial charge in [0.25, 0.3) is 5.91 Å². The third-order valence-electron chi connectivity index (χ3n) is 6.07. The lowest BCUT2D eigenvalue weighted by Gasteiger charge is -2.41. The Bertz CT molecular complexity index is 1260. The number of hydrogen-bond donors (Lipinski definition) is 1. The highest BCUT2D eigenvalue weighted by atomic mass is 16.2. The number of amides is 1. The van der Waals surface area contributed by atoms with E-state index in [4.69, 9.17) is 4.98 Å². The average Bonchev–Trinajstić information content (AvgIpc) is 3.18. The Labute approximate surface area is 176 Å². The molecule has 1 atom stereocenters. The Balaban J connectivity index is 1.40. The molecule has 0 spiro atoms. The normalized spacial score (nSPS) is 17.1. The number of aromatic amines is 1. The summed E-state index contributed by atoms with van der Waals surface area (Å²) < 4.78 is 0. The van der Waals surface area contributed by atoms with Crippen molar-refractivity contribution in [2.75, 3.05) is 24.5 Å². The predicted octanol–water partition coefficient (Wildman–Crippen LogP) is 4.68. The van der Waals surface area contributed by atoms with Crippen LogP contribution in [0.15, 0.2) is 54.6 Å². The highest BCUT2D eigenvalue weighted by molar-refractivity contribution is 6.07. The van der Waals surface area contributed by atoms with Gasteiger partial charge in [0.1, 0.15) is 5.69 Å². The van der Waals surface area contributed by atoms with Crippen molar-refractivity contribution in [1.29, 1.82) is 0 Å². The van der Waals surface area contributed by atoms with E-state index in [1.807, 2.05) is 24.0 Å². The van der Waals surface area contributed by atoms with Crippen LogP contribution in [-0.2, 0) is 0 Å². The SMILES string of the molecule is Cc1cccc(N2CCN(C(=O)c3cc4ccc5ccc(C)[nH]c5c4n3)CC2C)c1. The summed E-state index contributed by atoms with van der Waals surface area (Å²) in [6.07, 6.45) is 0. The van der Waals surface area contributed by atoms with Gasteiger partial charge in [-0.05, 0) is 50.6 Å². The number of aryl methyl sites for hydroxylation is 2. The Morgan fingerprint density at radius 1 is 1.03 bits per heavy atom. The quantitative estimate of drug-likeness (QED) is 0.533. The van der Waals surface area contributed by atoms with Gasteiger partial charge in [-0.1, -0.05) is 30.3 Å². The van der Waals surface area contributed by atoms with Crippen molar-refractivity contribution in [2.24, 2.45) is 0 Å². The second-order valence-electron chi connectivity index (χ2n) is 8.38. The van der Waals surface area contributed by atoms with E-state index in [1.54, 1.807) is 0 Å². The number of anilines is 1. The summed E-state index contributed by atoms with van der Waals surface area (Å²) in [6, 6.07) is 19.0. The van der Waals surface area contributed by atoms with Crippen LogP contribution < -0.4 is 4.90 Å². The first-order chi connectivity index (χ1) is 14.5. The van der Waals surface area contributed by atoms with E-state index in [1.165, 1.54) is 11.3 Å². The summed E-state index contributed by atoms with van der Waals surface area (Å²) >= 11 is 0. The number of piperazine rings is 1. The highest BCUT2D eigenvalue weighted by Gasteiger charge is 2.28. The molecule has 1 aliphatic heterocycles. The van der Waals surface area contributed by atoms with Gasteiger partial charge >= 0.3 is 0 Å². The lowest BCUT2D eigenvalue weighted by atomic mass is 10.1. The minimum atomic E-state index is 0.0164. The van der Waals surface area contributed by atoms with E-state index in [-0.39, 0.29) is 11.9 Å². The Kier molecular flexibility index (Phi) is 4.46. The molecule has 0 saturated carbocycles. The zero-order chi connectivity index (χ0) is 20.8. The fraction of sp³-hybridized carbons (Fsp3) is 0.280. The first kappa shape index (κ1) is 18.7. The molecule has 0 radical (unpaired) electrons. The summed E-state index contributed by atoms with van der Waals surface area (Å²) in [4.78, 5) is 25.7. The number of pyridine rings is 1. The molecule has 1 unspecified atom stereocenters. The number of fused-ring (bicyclic) bond motifs is 3. The number of aromatic nitrogens is 2. The zero-order valence-corrected chi connectivity index (χ0v) is 17.6. The second kappa shape index (κ2) is 7.17. The predicted molar refractivity (Wildman–Crippen MR) is 122 cm³/mol. The molecule has 2 aromatic heterocycles. The number of rotatable bonds is 2. The molecule has 4 aromatic rings. The smallest absolute Gasteiger partial charge is 0.272 e. The molecule has 1 aliphatic rings. The van der Waals surface area contributed by atoms with Crippen molar-refractivity contribution in [1.82, 2.24) is 14.9 Å². The monoisotopic (exact) mass is 398 g/mol. The number of H-pyrrole nitrogens is 1. The minimum Gasteiger partial charge on any atom is -0.365 e. The molecule has 152 valence electrons. The number of carbonyl (C=O) groups is 1. The fourth-order valence-electron chi connectivity index (χ4n) is 4.49. The second-order valence-corrected chi connectivity index (χ2v) is 8.38. The summed E-state index contributed by atoms with van der Waals surface area (Å²) in [7, 11) is 0. The van der Waals surface area contributed by atoms with E-state index in [0.717, 1.165) is 34.0 Å². The lowest BCUT2D eigenvalue weighted by molar-refractivity contribution is 0.0721. The van der Waals surface area contributed by atoms with Crippen LogP contribution >= 0.6 is 0 Å². The first-order valence-electron chi connectivity index (χ1n) is 10.5. The molecule has 1 saturated heterocycles. The lowest BCUT2D eigenvalue weighted by Crippen LogP contribution is -2.53. The molecule has 1 amide bonds. The van der Waals surface area contributed by atoms with Gasteiger partial charge < -0.3 is 14.8 Å². The van der Waals surface area contributed by atoms with Crippen LogP contribution in [0.3, 0.4) is 0 Å². The number of hydrogen-bond acceptors (Lipinski definition) is 3. The molecule has 1 N–H and O–H groups in total. The number of carbonyl (C=O) groups excluding carboxylic acids is 1. The Hall–Kier alpha value is -3.34. The van der Waals surface area contributed by atoms with Crippen LogP contribution in [0.4, 0.5) is 5.69 Å². The van der Waals surface area contributed by atoms with E-state index in [9.17, 15) is 4.79 Å². The number of nitrogens with one attached hydrogen (secondary N) is 1. The van der Waals surface area contributed by atoms with Gasteiger partial charge in [0.15, 0.2) is 0 Å². The summed E-state index contributed by atoms with van der Waals surface area (Å²) in [5.74, 6) is 0.0164. The van der Waals surface area contributed by atoms with Crippen molar-refractivity contribution in [3.8, 4) is 0 Å². The van der Waals surface area contributed by atoms with Crippen LogP contribution in [0.5, 0.6) is 0 Å². The van der Waals surface area contributed by atoms with E-state index in [2.05, 4.69) is 66.2 Å². The van der Waals surface area contributed by atoms with Crippen LogP contribution in [0.2, 0.25) is 0 Å². The molecule has 30 heavy (non-hydrogen) atoms. The van der Waals surface area contributed by atoms with Crippen molar-refractivity contribution in [3.63, 3.8) is 0 Å². The van der Waals surface area contributed by atoms with Crippen LogP contribution in [-0.4, -0.2) is 46.5 Å². The van der Waals surface area contributed by atoms with Gasteiger partial charge in [0.05, 0.1) is 11.0 Å². The summed E-state index contributed by atoms with van der Waals surface area (Å²) in [5, 5.41) is 2.10. The largest absolute Gasteiger partial charge is 0.365 e. The van der Waals surface area contributed by atoms with Crippen molar-refractivity contribution in [2.45, 2.75) is 26.8 Å². The zero-order valence-electron chi connectivity index (χ0n) is 17.6. The average molecular weight is 399 g/mol. The third kappa shape index (κ3) is 3.20. The summed E-state index contributed by atoms with van der Waals surface area (Å²) in [6.45, 7) is 8.55. The Morgan fingerprint density at radius 2 is 1.83 bits per heavy atom. The van der Waals surface area contributed by atoms with Crippen molar-refractivity contribution < 1.29 is 4.79 Å². The van der Waals surface area contributed by atoms with Crippen molar-refractivity contribution in [3.05, 3.63) is 71.5 Å². The molecule has 0 aliphatic carbocycles. The first-order valence-corrected chi connectivity index (χ1v) is 10.5. The molecule has 5 rings (SSSR count). The summed E-state index contributed by atoms with van der Waals surface area (Å²) in [5.41, 5.74) is 5.94. The number of benzene rings is 2. The minimum absolute atomic E-state index is 0.0164. The van der Waals surface area contributed by atoms with Crippen molar-refractivity contribution >= 4 is 33.4 Å². The highest BCUT2D eigenvalue weighted by Crippen LogP contribution is 2.26. The maximum atomic E-state index is 13.2. The number of nitrogens with zero attached hydrogens (tertiary/aromatic N) is 3. The maximum absolute atomic E-state index is 13.2. The molecular formula is C25H26N4O. The van der Waals surface area contributed by atoms with Gasteiger partial charge in [-0.2, -0.15) is 0 Å². The third-order valence-corrected chi connectivity index (χ3v) is 6.07. The van der Waals surface area contributed by atoms with Gasteiger partial charge in [-0.15, -0.1) is 0 Å². The molecule has 1 fully saturated rings. The molecular weight excluding hydrogens is 372 g/mol. The van der Waals surface area contributed by atoms with E-state index in [0.29, 0.717) is 18.8 Å². The van der Waals surface area contributed by atoms with Gasteiger partial charge in [-0.25, -0.2) is 4.98 Å². The molecule has 0 bridgehead atoms. The topological polar surface area (TPSA) is 52.2 Å². The van der Waals surface area contributed by atoms with Crippen LogP contribution in [0, 0.1) is 13.8 Å². The molecule has 3 heterocycles. The fourth-order valence-corrected chi connectivity index (χ4v) is 4.49. The molecule has 2 aromatic carbocycles. The van der Waals surface area contributed by atoms with Crippen LogP contribution in [0.25, 0.3) is 21.8 Å². The van der Waals surface area contributed by atoms with Gasteiger partial charge in [0, 0.05) is 47.8 Å². The maximum Gasteiger partial charge on any atom is 0.272 e. The Morgan fingerprint density at radius 3 is 2.63 bits per heavy atom. The van der Waals surface area contributed by atoms with E-state index < -0.39 is 0 Å². The van der Waals surface area contributed by atoms with E-state index >= 15 is 0 Å². The van der Waals surface area contributed by atoms with Gasteiger partial charge in [0.2, 0.25) is 0 Å². The molecule has 5 heteroatoms.